The van der Waals surface area contributed by atoms with Crippen LogP contribution in [0.4, 0.5) is 5.69 Å². The zero-order valence-corrected chi connectivity index (χ0v) is 10.6. The third-order valence-electron chi connectivity index (χ3n) is 2.10. The van der Waals surface area contributed by atoms with Crippen LogP contribution in [0.5, 0.6) is 0 Å². The molecule has 0 aliphatic carbocycles. The molecule has 1 aromatic rings. The van der Waals surface area contributed by atoms with Crippen LogP contribution in [-0.2, 0) is 4.74 Å². The molecule has 2 rings (SSSR count). The zero-order valence-electron chi connectivity index (χ0n) is 7.46. The summed E-state index contributed by atoms with van der Waals surface area (Å²) in [6.07, 6.45) is 2.82. The summed E-state index contributed by atoms with van der Waals surface area (Å²) in [5, 5.41) is 3.39. The van der Waals surface area contributed by atoms with Crippen LogP contribution in [0.1, 0.15) is 6.42 Å². The van der Waals surface area contributed by atoms with Gasteiger partial charge < -0.3 is 10.1 Å². The lowest BCUT2D eigenvalue weighted by Gasteiger charge is -2.13. The minimum Gasteiger partial charge on any atom is -0.379 e. The van der Waals surface area contributed by atoms with Crippen LogP contribution in [-0.4, -0.2) is 24.2 Å². The Balaban J connectivity index is 2.10. The number of anilines is 1. The van der Waals surface area contributed by atoms with E-state index < -0.39 is 0 Å². The predicted octanol–water partition coefficient (Wildman–Crippen LogP) is 2.81. The smallest absolute Gasteiger partial charge is 0.129 e. The fraction of sp³-hybridized carbons (Fsp3) is 0.444. The van der Waals surface area contributed by atoms with E-state index in [1.165, 1.54) is 0 Å². The van der Waals surface area contributed by atoms with Gasteiger partial charge in [-0.15, -0.1) is 0 Å². The zero-order chi connectivity index (χ0) is 9.97. The van der Waals surface area contributed by atoms with Gasteiger partial charge in [0.05, 0.1) is 18.3 Å². The highest BCUT2D eigenvalue weighted by Gasteiger charge is 2.16. The van der Waals surface area contributed by atoms with Crippen LogP contribution in [0.25, 0.3) is 0 Å². The SMILES string of the molecule is Brc1cnc(Br)c(NC2CCOC2)c1. The second kappa shape index (κ2) is 4.59. The summed E-state index contributed by atoms with van der Waals surface area (Å²) in [5.41, 5.74) is 1.01. The molecule has 1 unspecified atom stereocenters. The van der Waals surface area contributed by atoms with Crippen LogP contribution in [0.15, 0.2) is 21.3 Å². The standard InChI is InChI=1S/C9H10Br2N2O/c10-6-3-8(9(11)12-4-6)13-7-1-2-14-5-7/h3-4,7,13H,1-2,5H2. The fourth-order valence-electron chi connectivity index (χ4n) is 1.39. The molecule has 0 amide bonds. The monoisotopic (exact) mass is 320 g/mol. The van der Waals surface area contributed by atoms with Gasteiger partial charge in [0.15, 0.2) is 0 Å². The summed E-state index contributed by atoms with van der Waals surface area (Å²) in [7, 11) is 0. The number of hydrogen-bond donors (Lipinski definition) is 1. The maximum atomic E-state index is 5.29. The van der Waals surface area contributed by atoms with E-state index in [1.807, 2.05) is 6.07 Å². The highest BCUT2D eigenvalue weighted by atomic mass is 79.9. The molecule has 1 N–H and O–H groups in total. The van der Waals surface area contributed by atoms with E-state index in [2.05, 4.69) is 42.2 Å². The van der Waals surface area contributed by atoms with Crippen molar-refractivity contribution in [2.75, 3.05) is 18.5 Å². The first-order valence-corrected chi connectivity index (χ1v) is 5.99. The molecule has 0 bridgehead atoms. The molecule has 0 saturated carbocycles. The van der Waals surface area contributed by atoms with Crippen molar-refractivity contribution in [1.29, 1.82) is 0 Å². The first-order chi connectivity index (χ1) is 6.75. The number of nitrogens with one attached hydrogen (secondary N) is 1. The lowest BCUT2D eigenvalue weighted by atomic mass is 10.2. The normalized spacial score (nSPS) is 21.1. The summed E-state index contributed by atoms with van der Waals surface area (Å²) in [6.45, 7) is 1.62. The van der Waals surface area contributed by atoms with Crippen molar-refractivity contribution in [3.8, 4) is 0 Å². The Morgan fingerprint density at radius 2 is 2.36 bits per heavy atom. The van der Waals surface area contributed by atoms with Gasteiger partial charge in [-0.25, -0.2) is 4.98 Å². The number of halogens is 2. The maximum absolute atomic E-state index is 5.29. The van der Waals surface area contributed by atoms with Crippen LogP contribution in [0.2, 0.25) is 0 Å². The number of rotatable bonds is 2. The van der Waals surface area contributed by atoms with Gasteiger partial charge in [-0.05, 0) is 44.3 Å². The molecule has 14 heavy (non-hydrogen) atoms. The molecule has 1 aromatic heterocycles. The van der Waals surface area contributed by atoms with Gasteiger partial charge in [0.25, 0.3) is 0 Å². The summed E-state index contributed by atoms with van der Waals surface area (Å²) >= 11 is 6.79. The topological polar surface area (TPSA) is 34.2 Å². The van der Waals surface area contributed by atoms with Gasteiger partial charge in [-0.1, -0.05) is 0 Å². The minimum absolute atomic E-state index is 0.405. The van der Waals surface area contributed by atoms with Crippen LogP contribution < -0.4 is 5.32 Å². The van der Waals surface area contributed by atoms with Crippen molar-refractivity contribution in [2.24, 2.45) is 0 Å². The molecule has 1 fully saturated rings. The molecule has 5 heteroatoms. The molecular weight excluding hydrogens is 312 g/mol. The average molecular weight is 322 g/mol. The Kier molecular flexibility index (Phi) is 3.41. The molecule has 0 spiro atoms. The lowest BCUT2D eigenvalue weighted by Crippen LogP contribution is -2.19. The number of pyridine rings is 1. The van der Waals surface area contributed by atoms with Crippen LogP contribution >= 0.6 is 31.9 Å². The number of nitrogens with zero attached hydrogens (tertiary/aromatic N) is 1. The molecule has 2 heterocycles. The second-order valence-corrected chi connectivity index (χ2v) is 4.86. The van der Waals surface area contributed by atoms with Crippen LogP contribution in [0, 0.1) is 0 Å². The summed E-state index contributed by atoms with van der Waals surface area (Å²) in [4.78, 5) is 4.19. The van der Waals surface area contributed by atoms with E-state index in [1.54, 1.807) is 6.20 Å². The summed E-state index contributed by atoms with van der Waals surface area (Å²) < 4.78 is 7.10. The maximum Gasteiger partial charge on any atom is 0.129 e. The number of ether oxygens (including phenoxy) is 1. The number of hydrogen-bond acceptors (Lipinski definition) is 3. The number of aromatic nitrogens is 1. The molecule has 0 aromatic carbocycles. The first kappa shape index (κ1) is 10.4. The van der Waals surface area contributed by atoms with Gasteiger partial charge >= 0.3 is 0 Å². The van der Waals surface area contributed by atoms with E-state index in [4.69, 9.17) is 4.74 Å². The van der Waals surface area contributed by atoms with E-state index in [0.29, 0.717) is 6.04 Å². The van der Waals surface area contributed by atoms with Gasteiger partial charge in [-0.2, -0.15) is 0 Å². The van der Waals surface area contributed by atoms with Gasteiger partial charge in [0.2, 0.25) is 0 Å². The van der Waals surface area contributed by atoms with E-state index in [-0.39, 0.29) is 0 Å². The Labute approximate surface area is 99.5 Å². The van der Waals surface area contributed by atoms with Crippen molar-refractivity contribution in [3.63, 3.8) is 0 Å². The Morgan fingerprint density at radius 1 is 1.50 bits per heavy atom. The molecular formula is C9H10Br2N2O. The van der Waals surface area contributed by atoms with Crippen molar-refractivity contribution in [3.05, 3.63) is 21.3 Å². The van der Waals surface area contributed by atoms with E-state index >= 15 is 0 Å². The van der Waals surface area contributed by atoms with Crippen molar-refractivity contribution in [1.82, 2.24) is 4.98 Å². The van der Waals surface area contributed by atoms with Crippen molar-refractivity contribution in [2.45, 2.75) is 12.5 Å². The van der Waals surface area contributed by atoms with Gasteiger partial charge in [0.1, 0.15) is 4.60 Å². The Hall–Kier alpha value is -0.130. The predicted molar refractivity (Wildman–Crippen MR) is 62.5 cm³/mol. The van der Waals surface area contributed by atoms with E-state index in [0.717, 1.165) is 34.4 Å². The molecule has 1 aliphatic heterocycles. The highest BCUT2D eigenvalue weighted by molar-refractivity contribution is 9.11. The molecule has 1 atom stereocenters. The molecule has 76 valence electrons. The highest BCUT2D eigenvalue weighted by Crippen LogP contribution is 2.25. The Morgan fingerprint density at radius 3 is 3.07 bits per heavy atom. The molecule has 1 aliphatic rings. The first-order valence-electron chi connectivity index (χ1n) is 4.41. The lowest BCUT2D eigenvalue weighted by molar-refractivity contribution is 0.195. The summed E-state index contributed by atoms with van der Waals surface area (Å²) in [5.74, 6) is 0. The second-order valence-electron chi connectivity index (χ2n) is 3.20. The fourth-order valence-corrected chi connectivity index (χ4v) is 2.05. The molecule has 1 saturated heterocycles. The third kappa shape index (κ3) is 2.46. The third-order valence-corrected chi connectivity index (χ3v) is 3.16. The average Bonchev–Trinajstić information content (AvgIpc) is 2.64. The van der Waals surface area contributed by atoms with Crippen molar-refractivity contribution < 1.29 is 4.74 Å². The largest absolute Gasteiger partial charge is 0.379 e. The molecule has 0 radical (unpaired) electrons. The minimum atomic E-state index is 0.405. The molecule has 3 nitrogen and oxygen atoms in total. The summed E-state index contributed by atoms with van der Waals surface area (Å²) in [6, 6.07) is 2.41. The van der Waals surface area contributed by atoms with Gasteiger partial charge in [-0.3, -0.25) is 0 Å². The quantitative estimate of drug-likeness (QED) is 0.851. The van der Waals surface area contributed by atoms with Gasteiger partial charge in [0, 0.05) is 17.3 Å². The van der Waals surface area contributed by atoms with Crippen LogP contribution in [0.3, 0.4) is 0 Å². The Bertz CT molecular complexity index is 327. The van der Waals surface area contributed by atoms with Crippen molar-refractivity contribution >= 4 is 37.5 Å². The van der Waals surface area contributed by atoms with E-state index in [9.17, 15) is 0 Å².